The van der Waals surface area contributed by atoms with Crippen molar-refractivity contribution in [3.63, 3.8) is 0 Å². The third-order valence-electron chi connectivity index (χ3n) is 6.23. The van der Waals surface area contributed by atoms with Crippen molar-refractivity contribution < 1.29 is 9.53 Å². The number of nitrogens with one attached hydrogen (secondary N) is 1. The van der Waals surface area contributed by atoms with Crippen LogP contribution in [0.25, 0.3) is 0 Å². The summed E-state index contributed by atoms with van der Waals surface area (Å²) in [6.45, 7) is 2.77. The molecule has 0 aromatic heterocycles. The minimum absolute atomic E-state index is 0.0261. The maximum atomic E-state index is 13.1. The Kier molecular flexibility index (Phi) is 5.96. The lowest BCUT2D eigenvalue weighted by molar-refractivity contribution is -0.123. The lowest BCUT2D eigenvalue weighted by atomic mass is 9.82. The SMILES string of the molecule is COc1ccccc1C(CNC(=O)C1CCCc2ccccc21)N1CCCC1. The first kappa shape index (κ1) is 19.0. The van der Waals surface area contributed by atoms with Crippen molar-refractivity contribution in [1.82, 2.24) is 10.2 Å². The van der Waals surface area contributed by atoms with Crippen LogP contribution in [0, 0.1) is 0 Å². The van der Waals surface area contributed by atoms with Gasteiger partial charge in [0.1, 0.15) is 5.75 Å². The zero-order valence-corrected chi connectivity index (χ0v) is 16.7. The van der Waals surface area contributed by atoms with Crippen molar-refractivity contribution >= 4 is 5.91 Å². The molecule has 148 valence electrons. The van der Waals surface area contributed by atoms with E-state index in [-0.39, 0.29) is 17.9 Å². The van der Waals surface area contributed by atoms with Gasteiger partial charge in [-0.1, -0.05) is 42.5 Å². The Hall–Kier alpha value is -2.33. The van der Waals surface area contributed by atoms with Crippen LogP contribution in [0.15, 0.2) is 48.5 Å². The van der Waals surface area contributed by atoms with Gasteiger partial charge in [0.2, 0.25) is 5.91 Å². The molecule has 0 radical (unpaired) electrons. The van der Waals surface area contributed by atoms with Crippen LogP contribution in [0.1, 0.15) is 54.3 Å². The fourth-order valence-corrected chi connectivity index (χ4v) is 4.78. The number of ether oxygens (including phenoxy) is 1. The summed E-state index contributed by atoms with van der Waals surface area (Å²) >= 11 is 0. The molecule has 0 saturated carbocycles. The van der Waals surface area contributed by atoms with E-state index < -0.39 is 0 Å². The summed E-state index contributed by atoms with van der Waals surface area (Å²) in [5.41, 5.74) is 3.70. The summed E-state index contributed by atoms with van der Waals surface area (Å²) in [5.74, 6) is 1.03. The molecule has 4 nitrogen and oxygen atoms in total. The summed E-state index contributed by atoms with van der Waals surface area (Å²) in [4.78, 5) is 15.6. The molecule has 1 saturated heterocycles. The largest absolute Gasteiger partial charge is 0.496 e. The zero-order chi connectivity index (χ0) is 19.3. The minimum Gasteiger partial charge on any atom is -0.496 e. The maximum absolute atomic E-state index is 13.1. The molecule has 1 heterocycles. The van der Waals surface area contributed by atoms with E-state index in [1.54, 1.807) is 7.11 Å². The molecule has 28 heavy (non-hydrogen) atoms. The highest BCUT2D eigenvalue weighted by Crippen LogP contribution is 2.33. The minimum atomic E-state index is -0.0261. The second-order valence-electron chi connectivity index (χ2n) is 7.89. The monoisotopic (exact) mass is 378 g/mol. The Bertz CT molecular complexity index is 814. The Labute approximate surface area is 167 Å². The Morgan fingerprint density at radius 2 is 1.86 bits per heavy atom. The number of hydrogen-bond acceptors (Lipinski definition) is 3. The highest BCUT2D eigenvalue weighted by Gasteiger charge is 2.29. The van der Waals surface area contributed by atoms with Crippen LogP contribution in [0.4, 0.5) is 0 Å². The summed E-state index contributed by atoms with van der Waals surface area (Å²) in [5, 5.41) is 3.28. The number of carbonyl (C=O) groups excluding carboxylic acids is 1. The average molecular weight is 379 g/mol. The number of rotatable bonds is 6. The predicted molar refractivity (Wildman–Crippen MR) is 112 cm³/mol. The molecule has 1 amide bonds. The number of amides is 1. The van der Waals surface area contributed by atoms with Gasteiger partial charge >= 0.3 is 0 Å². The molecule has 2 aromatic carbocycles. The molecule has 2 unspecified atom stereocenters. The molecule has 1 fully saturated rings. The third kappa shape index (κ3) is 3.93. The van der Waals surface area contributed by atoms with Gasteiger partial charge in [-0.05, 0) is 62.4 Å². The van der Waals surface area contributed by atoms with Gasteiger partial charge in [0, 0.05) is 12.1 Å². The van der Waals surface area contributed by atoms with Crippen LogP contribution in [0.5, 0.6) is 5.75 Å². The number of methoxy groups -OCH3 is 1. The molecule has 0 spiro atoms. The Morgan fingerprint density at radius 3 is 2.68 bits per heavy atom. The number of para-hydroxylation sites is 1. The molecule has 2 aromatic rings. The summed E-state index contributed by atoms with van der Waals surface area (Å²) in [6, 6.07) is 16.8. The molecular formula is C24H30N2O2. The first-order valence-electron chi connectivity index (χ1n) is 10.5. The molecule has 2 atom stereocenters. The molecular weight excluding hydrogens is 348 g/mol. The molecule has 4 rings (SSSR count). The van der Waals surface area contributed by atoms with Gasteiger partial charge in [-0.3, -0.25) is 9.69 Å². The van der Waals surface area contributed by atoms with Crippen molar-refractivity contribution in [1.29, 1.82) is 0 Å². The van der Waals surface area contributed by atoms with Crippen molar-refractivity contribution in [3.05, 3.63) is 65.2 Å². The van der Waals surface area contributed by atoms with E-state index in [1.165, 1.54) is 24.0 Å². The van der Waals surface area contributed by atoms with Gasteiger partial charge in [-0.15, -0.1) is 0 Å². The Morgan fingerprint density at radius 1 is 1.11 bits per heavy atom. The fraction of sp³-hybridized carbons (Fsp3) is 0.458. The van der Waals surface area contributed by atoms with Crippen LogP contribution in [0.3, 0.4) is 0 Å². The second kappa shape index (κ2) is 8.78. The van der Waals surface area contributed by atoms with E-state index in [0.29, 0.717) is 6.54 Å². The number of aryl methyl sites for hydroxylation is 1. The normalized spacial score (nSPS) is 20.4. The van der Waals surface area contributed by atoms with E-state index in [1.807, 2.05) is 18.2 Å². The van der Waals surface area contributed by atoms with Crippen LogP contribution in [0.2, 0.25) is 0 Å². The topological polar surface area (TPSA) is 41.6 Å². The summed E-state index contributed by atoms with van der Waals surface area (Å²) in [6.07, 6.45) is 5.53. The van der Waals surface area contributed by atoms with Gasteiger partial charge in [-0.25, -0.2) is 0 Å². The lowest BCUT2D eigenvalue weighted by Gasteiger charge is -2.31. The average Bonchev–Trinajstić information content (AvgIpc) is 3.28. The maximum Gasteiger partial charge on any atom is 0.227 e. The number of nitrogens with zero attached hydrogens (tertiary/aromatic N) is 1. The van der Waals surface area contributed by atoms with E-state index >= 15 is 0 Å². The molecule has 1 aliphatic heterocycles. The smallest absolute Gasteiger partial charge is 0.227 e. The molecule has 2 aliphatic rings. The van der Waals surface area contributed by atoms with Crippen LogP contribution in [-0.2, 0) is 11.2 Å². The first-order chi connectivity index (χ1) is 13.8. The van der Waals surface area contributed by atoms with Gasteiger partial charge in [0.05, 0.1) is 19.1 Å². The van der Waals surface area contributed by atoms with Gasteiger partial charge in [0.25, 0.3) is 0 Å². The van der Waals surface area contributed by atoms with E-state index in [9.17, 15) is 4.79 Å². The van der Waals surface area contributed by atoms with E-state index in [4.69, 9.17) is 4.74 Å². The molecule has 1 N–H and O–H groups in total. The van der Waals surface area contributed by atoms with E-state index in [2.05, 4.69) is 40.5 Å². The van der Waals surface area contributed by atoms with Gasteiger partial charge < -0.3 is 10.1 Å². The first-order valence-corrected chi connectivity index (χ1v) is 10.5. The molecule has 1 aliphatic carbocycles. The summed E-state index contributed by atoms with van der Waals surface area (Å²) in [7, 11) is 1.72. The lowest BCUT2D eigenvalue weighted by Crippen LogP contribution is -2.39. The van der Waals surface area contributed by atoms with E-state index in [0.717, 1.165) is 43.7 Å². The van der Waals surface area contributed by atoms with Crippen molar-refractivity contribution in [2.45, 2.75) is 44.1 Å². The van der Waals surface area contributed by atoms with Crippen LogP contribution in [-0.4, -0.2) is 37.6 Å². The predicted octanol–water partition coefficient (Wildman–Crippen LogP) is 4.07. The van der Waals surface area contributed by atoms with Gasteiger partial charge in [0.15, 0.2) is 0 Å². The highest BCUT2D eigenvalue weighted by molar-refractivity contribution is 5.84. The number of fused-ring (bicyclic) bond motifs is 1. The number of benzene rings is 2. The molecule has 0 bridgehead atoms. The molecule has 4 heteroatoms. The van der Waals surface area contributed by atoms with Crippen molar-refractivity contribution in [2.24, 2.45) is 0 Å². The standard InChI is InChI=1S/C24H30N2O2/c1-28-23-14-5-4-12-21(23)22(26-15-6-7-16-26)17-25-24(27)20-13-8-10-18-9-2-3-11-19(18)20/h2-5,9,11-12,14,20,22H,6-8,10,13,15-17H2,1H3,(H,25,27). The van der Waals surface area contributed by atoms with Crippen molar-refractivity contribution in [3.8, 4) is 5.75 Å². The van der Waals surface area contributed by atoms with Crippen LogP contribution < -0.4 is 10.1 Å². The number of likely N-dealkylation sites (tertiary alicyclic amines) is 1. The number of hydrogen-bond donors (Lipinski definition) is 1. The van der Waals surface area contributed by atoms with Crippen molar-refractivity contribution in [2.75, 3.05) is 26.7 Å². The highest BCUT2D eigenvalue weighted by atomic mass is 16.5. The van der Waals surface area contributed by atoms with Gasteiger partial charge in [-0.2, -0.15) is 0 Å². The quantitative estimate of drug-likeness (QED) is 0.824. The fourth-order valence-electron chi connectivity index (χ4n) is 4.78. The van der Waals surface area contributed by atoms with Crippen LogP contribution >= 0.6 is 0 Å². The second-order valence-corrected chi connectivity index (χ2v) is 7.89. The zero-order valence-electron chi connectivity index (χ0n) is 16.7. The Balaban J connectivity index is 1.51. The number of carbonyl (C=O) groups is 1. The summed E-state index contributed by atoms with van der Waals surface area (Å²) < 4.78 is 5.62. The third-order valence-corrected chi connectivity index (χ3v) is 6.23.